The Morgan fingerprint density at radius 3 is 2.69 bits per heavy atom. The first-order chi connectivity index (χ1) is 7.45. The van der Waals surface area contributed by atoms with Crippen LogP contribution in [-0.2, 0) is 6.18 Å². The normalized spacial score (nSPS) is 10.8. The van der Waals surface area contributed by atoms with Crippen LogP contribution < -0.4 is 0 Å². The Bertz CT molecular complexity index is 434. The lowest BCUT2D eigenvalue weighted by atomic mass is 10.2. The summed E-state index contributed by atoms with van der Waals surface area (Å²) in [7, 11) is 0. The monoisotopic (exact) mass is 265 g/mol. The van der Waals surface area contributed by atoms with Crippen LogP contribution in [0.15, 0.2) is 12.3 Å². The molecule has 6 heteroatoms. The Hall–Kier alpha value is -0.860. The fourth-order valence-corrected chi connectivity index (χ4v) is 1.26. The van der Waals surface area contributed by atoms with Crippen molar-refractivity contribution in [1.82, 2.24) is 4.98 Å². The SMILES string of the molecule is FC(F)(F)c1cc(C#CCCS)cnc1Cl. The van der Waals surface area contributed by atoms with Gasteiger partial charge >= 0.3 is 6.18 Å². The molecule has 1 heterocycles. The third kappa shape index (κ3) is 3.62. The van der Waals surface area contributed by atoms with E-state index in [9.17, 15) is 13.2 Å². The molecule has 0 aromatic carbocycles. The second-order valence-corrected chi connectivity index (χ2v) is 3.64. The highest BCUT2D eigenvalue weighted by Crippen LogP contribution is 2.33. The third-order valence-corrected chi connectivity index (χ3v) is 2.14. The molecule has 1 aromatic rings. The molecule has 86 valence electrons. The topological polar surface area (TPSA) is 12.9 Å². The average Bonchev–Trinajstić information content (AvgIpc) is 2.19. The van der Waals surface area contributed by atoms with Gasteiger partial charge in [0.15, 0.2) is 0 Å². The maximum atomic E-state index is 12.4. The Balaban J connectivity index is 3.05. The standard InChI is InChI=1S/C10H7ClF3NS/c11-9-8(10(12,13)14)5-7(6-15-9)3-1-2-4-16/h5-6,16H,2,4H2. The van der Waals surface area contributed by atoms with Crippen molar-refractivity contribution in [2.24, 2.45) is 0 Å². The second-order valence-electron chi connectivity index (χ2n) is 2.84. The average molecular weight is 266 g/mol. The van der Waals surface area contributed by atoms with Crippen molar-refractivity contribution in [3.63, 3.8) is 0 Å². The molecule has 0 fully saturated rings. The molecule has 16 heavy (non-hydrogen) atoms. The first kappa shape index (κ1) is 13.2. The van der Waals surface area contributed by atoms with Gasteiger partial charge in [-0.25, -0.2) is 4.98 Å². The molecule has 1 rings (SSSR count). The lowest BCUT2D eigenvalue weighted by Gasteiger charge is -2.07. The summed E-state index contributed by atoms with van der Waals surface area (Å²) in [5.41, 5.74) is -0.773. The van der Waals surface area contributed by atoms with Crippen molar-refractivity contribution >= 4 is 24.2 Å². The summed E-state index contributed by atoms with van der Waals surface area (Å²) in [5, 5.41) is -0.563. The highest BCUT2D eigenvalue weighted by atomic mass is 35.5. The van der Waals surface area contributed by atoms with Crippen LogP contribution in [0.1, 0.15) is 17.5 Å². The van der Waals surface area contributed by atoms with E-state index < -0.39 is 16.9 Å². The van der Waals surface area contributed by atoms with Crippen LogP contribution in [0.4, 0.5) is 13.2 Å². The Kier molecular flexibility index (Phi) is 4.51. The number of aromatic nitrogens is 1. The lowest BCUT2D eigenvalue weighted by molar-refractivity contribution is -0.137. The molecule has 0 aliphatic rings. The van der Waals surface area contributed by atoms with Gasteiger partial charge in [0.05, 0.1) is 5.56 Å². The summed E-state index contributed by atoms with van der Waals surface area (Å²) in [6.07, 6.45) is -2.79. The van der Waals surface area contributed by atoms with E-state index in [0.29, 0.717) is 12.2 Å². The van der Waals surface area contributed by atoms with Gasteiger partial charge in [-0.15, -0.1) is 0 Å². The predicted molar refractivity (Wildman–Crippen MR) is 59.6 cm³/mol. The van der Waals surface area contributed by atoms with Gasteiger partial charge in [-0.1, -0.05) is 23.4 Å². The number of pyridine rings is 1. The molecule has 0 N–H and O–H groups in total. The molecule has 0 amide bonds. The van der Waals surface area contributed by atoms with Crippen molar-refractivity contribution in [3.05, 3.63) is 28.5 Å². The van der Waals surface area contributed by atoms with Crippen LogP contribution in [0.25, 0.3) is 0 Å². The van der Waals surface area contributed by atoms with Gasteiger partial charge in [-0.3, -0.25) is 0 Å². The minimum Gasteiger partial charge on any atom is -0.243 e. The van der Waals surface area contributed by atoms with Gasteiger partial charge in [0.2, 0.25) is 0 Å². The largest absolute Gasteiger partial charge is 0.419 e. The molecule has 0 radical (unpaired) electrons. The highest BCUT2D eigenvalue weighted by Gasteiger charge is 2.34. The zero-order valence-corrected chi connectivity index (χ0v) is 9.63. The fraction of sp³-hybridized carbons (Fsp3) is 0.300. The molecule has 0 spiro atoms. The first-order valence-electron chi connectivity index (χ1n) is 4.27. The van der Waals surface area contributed by atoms with Gasteiger partial charge in [0, 0.05) is 23.9 Å². The molecule has 0 unspecified atom stereocenters. The van der Waals surface area contributed by atoms with Crippen molar-refractivity contribution in [3.8, 4) is 11.8 Å². The summed E-state index contributed by atoms with van der Waals surface area (Å²) in [6, 6.07) is 0.890. The number of hydrogen-bond donors (Lipinski definition) is 1. The van der Waals surface area contributed by atoms with E-state index in [-0.39, 0.29) is 5.56 Å². The van der Waals surface area contributed by atoms with Gasteiger partial charge in [-0.05, 0) is 6.07 Å². The van der Waals surface area contributed by atoms with E-state index in [1.165, 1.54) is 6.20 Å². The summed E-state index contributed by atoms with van der Waals surface area (Å²) >= 11 is 9.28. The van der Waals surface area contributed by atoms with Crippen molar-refractivity contribution in [2.75, 3.05) is 5.75 Å². The predicted octanol–water partition coefficient (Wildman–Crippen LogP) is 3.43. The van der Waals surface area contributed by atoms with Gasteiger partial charge in [0.25, 0.3) is 0 Å². The molecule has 1 aromatic heterocycles. The quantitative estimate of drug-likeness (QED) is 0.466. The van der Waals surface area contributed by atoms with Crippen LogP contribution in [0.5, 0.6) is 0 Å². The maximum absolute atomic E-state index is 12.4. The summed E-state index contributed by atoms with van der Waals surface area (Å²) < 4.78 is 37.3. The Labute approximate surface area is 101 Å². The van der Waals surface area contributed by atoms with Gasteiger partial charge < -0.3 is 0 Å². The molecule has 0 aliphatic heterocycles. The minimum atomic E-state index is -4.51. The second kappa shape index (κ2) is 5.46. The third-order valence-electron chi connectivity index (χ3n) is 1.61. The van der Waals surface area contributed by atoms with Crippen molar-refractivity contribution in [1.29, 1.82) is 0 Å². The summed E-state index contributed by atoms with van der Waals surface area (Å²) in [6.45, 7) is 0. The van der Waals surface area contributed by atoms with E-state index in [4.69, 9.17) is 11.6 Å². The number of halogens is 4. The minimum absolute atomic E-state index is 0.193. The molecule has 0 saturated heterocycles. The van der Waals surface area contributed by atoms with Crippen molar-refractivity contribution < 1.29 is 13.2 Å². The lowest BCUT2D eigenvalue weighted by Crippen LogP contribution is -2.07. The number of alkyl halides is 3. The fourth-order valence-electron chi connectivity index (χ4n) is 0.936. The summed E-state index contributed by atoms with van der Waals surface area (Å²) in [5.74, 6) is 5.79. The molecule has 0 aliphatic carbocycles. The van der Waals surface area contributed by atoms with E-state index in [1.54, 1.807) is 0 Å². The van der Waals surface area contributed by atoms with E-state index in [2.05, 4.69) is 29.5 Å². The van der Waals surface area contributed by atoms with Crippen molar-refractivity contribution in [2.45, 2.75) is 12.6 Å². The molecule has 0 bridgehead atoms. The number of thiol groups is 1. The number of hydrogen-bond acceptors (Lipinski definition) is 2. The van der Waals surface area contributed by atoms with E-state index in [0.717, 1.165) is 6.07 Å². The smallest absolute Gasteiger partial charge is 0.243 e. The van der Waals surface area contributed by atoms with E-state index in [1.807, 2.05) is 0 Å². The molecular formula is C10H7ClF3NS. The number of rotatable bonds is 1. The van der Waals surface area contributed by atoms with Crippen LogP contribution >= 0.6 is 24.2 Å². The zero-order chi connectivity index (χ0) is 12.2. The van der Waals surface area contributed by atoms with Crippen LogP contribution in [0, 0.1) is 11.8 Å². The van der Waals surface area contributed by atoms with Crippen LogP contribution in [0.2, 0.25) is 5.15 Å². The molecular weight excluding hydrogens is 259 g/mol. The summed E-state index contributed by atoms with van der Waals surface area (Å²) in [4.78, 5) is 3.45. The Morgan fingerprint density at radius 2 is 2.12 bits per heavy atom. The van der Waals surface area contributed by atoms with Gasteiger partial charge in [0.1, 0.15) is 5.15 Å². The first-order valence-corrected chi connectivity index (χ1v) is 5.28. The molecule has 1 nitrogen and oxygen atoms in total. The maximum Gasteiger partial charge on any atom is 0.419 e. The number of nitrogens with zero attached hydrogens (tertiary/aromatic N) is 1. The van der Waals surface area contributed by atoms with Crippen LogP contribution in [-0.4, -0.2) is 10.7 Å². The zero-order valence-electron chi connectivity index (χ0n) is 7.98. The van der Waals surface area contributed by atoms with Gasteiger partial charge in [-0.2, -0.15) is 25.8 Å². The highest BCUT2D eigenvalue weighted by molar-refractivity contribution is 7.80. The Morgan fingerprint density at radius 1 is 1.44 bits per heavy atom. The van der Waals surface area contributed by atoms with E-state index >= 15 is 0 Å². The van der Waals surface area contributed by atoms with Crippen LogP contribution in [0.3, 0.4) is 0 Å². The molecule has 0 atom stereocenters. The molecule has 0 saturated carbocycles.